The summed E-state index contributed by atoms with van der Waals surface area (Å²) in [5.41, 5.74) is 0.984. The van der Waals surface area contributed by atoms with E-state index in [1.165, 1.54) is 0 Å². The van der Waals surface area contributed by atoms with Gasteiger partial charge in [0.25, 0.3) is 0 Å². The van der Waals surface area contributed by atoms with E-state index >= 15 is 0 Å². The van der Waals surface area contributed by atoms with Crippen LogP contribution in [0.25, 0.3) is 0 Å². The van der Waals surface area contributed by atoms with Crippen LogP contribution in [0.4, 0.5) is 0 Å². The van der Waals surface area contributed by atoms with E-state index in [0.29, 0.717) is 25.5 Å². The molecule has 0 bridgehead atoms. The molecule has 110 valence electrons. The SMILES string of the molecule is CCOc1ccc(CC(=O)NCC2CCC(O)C2)cc1. The van der Waals surface area contributed by atoms with E-state index in [0.717, 1.165) is 30.6 Å². The van der Waals surface area contributed by atoms with Crippen LogP contribution in [0, 0.1) is 5.92 Å². The fraction of sp³-hybridized carbons (Fsp3) is 0.562. The molecule has 2 unspecified atom stereocenters. The number of ether oxygens (including phenoxy) is 1. The van der Waals surface area contributed by atoms with Gasteiger partial charge in [-0.1, -0.05) is 12.1 Å². The zero-order chi connectivity index (χ0) is 14.4. The number of nitrogens with one attached hydrogen (secondary N) is 1. The first kappa shape index (κ1) is 14.9. The third kappa shape index (κ3) is 4.53. The largest absolute Gasteiger partial charge is 0.494 e. The molecule has 0 aliphatic heterocycles. The molecule has 2 rings (SSSR count). The summed E-state index contributed by atoms with van der Waals surface area (Å²) < 4.78 is 5.37. The van der Waals surface area contributed by atoms with Gasteiger partial charge in [-0.25, -0.2) is 0 Å². The van der Waals surface area contributed by atoms with Crippen molar-refractivity contribution in [3.05, 3.63) is 29.8 Å². The first-order valence-corrected chi connectivity index (χ1v) is 7.34. The Kier molecular flexibility index (Phi) is 5.41. The van der Waals surface area contributed by atoms with Crippen molar-refractivity contribution in [3.63, 3.8) is 0 Å². The maximum absolute atomic E-state index is 11.9. The number of hydrogen-bond donors (Lipinski definition) is 2. The third-order valence-electron chi connectivity index (χ3n) is 3.70. The fourth-order valence-corrected chi connectivity index (χ4v) is 2.61. The van der Waals surface area contributed by atoms with Crippen molar-refractivity contribution >= 4 is 5.91 Å². The monoisotopic (exact) mass is 277 g/mol. The fourth-order valence-electron chi connectivity index (χ4n) is 2.61. The summed E-state index contributed by atoms with van der Waals surface area (Å²) >= 11 is 0. The van der Waals surface area contributed by atoms with Crippen LogP contribution in [-0.4, -0.2) is 30.3 Å². The number of carbonyl (C=O) groups is 1. The lowest BCUT2D eigenvalue weighted by Crippen LogP contribution is -2.29. The molecule has 1 fully saturated rings. The van der Waals surface area contributed by atoms with E-state index in [1.807, 2.05) is 31.2 Å². The molecule has 1 amide bonds. The molecule has 0 aromatic heterocycles. The van der Waals surface area contributed by atoms with Crippen LogP contribution >= 0.6 is 0 Å². The first-order valence-electron chi connectivity index (χ1n) is 7.34. The second-order valence-corrected chi connectivity index (χ2v) is 5.39. The van der Waals surface area contributed by atoms with Crippen LogP contribution in [0.15, 0.2) is 24.3 Å². The van der Waals surface area contributed by atoms with Crippen molar-refractivity contribution in [2.45, 2.75) is 38.7 Å². The van der Waals surface area contributed by atoms with Crippen molar-refractivity contribution in [1.29, 1.82) is 0 Å². The number of carbonyl (C=O) groups excluding carboxylic acids is 1. The molecule has 1 aliphatic carbocycles. The molecule has 0 spiro atoms. The molecule has 0 saturated heterocycles. The summed E-state index contributed by atoms with van der Waals surface area (Å²) in [7, 11) is 0. The molecule has 1 saturated carbocycles. The van der Waals surface area contributed by atoms with Crippen LogP contribution in [0.2, 0.25) is 0 Å². The van der Waals surface area contributed by atoms with Gasteiger partial charge in [-0.2, -0.15) is 0 Å². The second-order valence-electron chi connectivity index (χ2n) is 5.39. The van der Waals surface area contributed by atoms with Crippen molar-refractivity contribution in [1.82, 2.24) is 5.32 Å². The second kappa shape index (κ2) is 7.29. The van der Waals surface area contributed by atoms with Crippen LogP contribution in [0.5, 0.6) is 5.75 Å². The Morgan fingerprint density at radius 3 is 2.70 bits per heavy atom. The van der Waals surface area contributed by atoms with Crippen molar-refractivity contribution in [2.75, 3.05) is 13.2 Å². The quantitative estimate of drug-likeness (QED) is 0.835. The minimum Gasteiger partial charge on any atom is -0.494 e. The average Bonchev–Trinajstić information content (AvgIpc) is 2.85. The summed E-state index contributed by atoms with van der Waals surface area (Å²) in [4.78, 5) is 11.9. The number of amides is 1. The van der Waals surface area contributed by atoms with Gasteiger partial charge in [-0.3, -0.25) is 4.79 Å². The van der Waals surface area contributed by atoms with Gasteiger partial charge in [0.2, 0.25) is 5.91 Å². The minimum atomic E-state index is -0.178. The third-order valence-corrected chi connectivity index (χ3v) is 3.70. The molecule has 1 aromatic rings. The Hall–Kier alpha value is -1.55. The van der Waals surface area contributed by atoms with Crippen LogP contribution in [-0.2, 0) is 11.2 Å². The van der Waals surface area contributed by atoms with E-state index < -0.39 is 0 Å². The Morgan fingerprint density at radius 1 is 1.35 bits per heavy atom. The lowest BCUT2D eigenvalue weighted by atomic mass is 10.1. The molecule has 2 N–H and O–H groups in total. The Bertz CT molecular complexity index is 430. The molecular formula is C16H23NO3. The number of rotatable bonds is 6. The molecule has 0 heterocycles. The van der Waals surface area contributed by atoms with Gasteiger partial charge in [0, 0.05) is 6.54 Å². The molecule has 20 heavy (non-hydrogen) atoms. The summed E-state index contributed by atoms with van der Waals surface area (Å²) in [6, 6.07) is 7.62. The first-order chi connectivity index (χ1) is 9.67. The molecule has 4 heteroatoms. The summed E-state index contributed by atoms with van der Waals surface area (Å²) in [6.07, 6.45) is 2.89. The normalized spacial score (nSPS) is 21.7. The van der Waals surface area contributed by atoms with Gasteiger partial charge >= 0.3 is 0 Å². The Balaban J connectivity index is 1.73. The lowest BCUT2D eigenvalue weighted by Gasteiger charge is -2.11. The van der Waals surface area contributed by atoms with Crippen molar-refractivity contribution in [3.8, 4) is 5.75 Å². The van der Waals surface area contributed by atoms with Crippen LogP contribution < -0.4 is 10.1 Å². The van der Waals surface area contributed by atoms with E-state index in [-0.39, 0.29) is 12.0 Å². The van der Waals surface area contributed by atoms with E-state index in [1.54, 1.807) is 0 Å². The average molecular weight is 277 g/mol. The van der Waals surface area contributed by atoms with Gasteiger partial charge in [-0.05, 0) is 49.8 Å². The maximum atomic E-state index is 11.9. The maximum Gasteiger partial charge on any atom is 0.224 e. The van der Waals surface area contributed by atoms with Crippen molar-refractivity contribution in [2.24, 2.45) is 5.92 Å². The highest BCUT2D eigenvalue weighted by Gasteiger charge is 2.22. The zero-order valence-corrected chi connectivity index (χ0v) is 12.0. The predicted molar refractivity (Wildman–Crippen MR) is 77.7 cm³/mol. The minimum absolute atomic E-state index is 0.0375. The highest BCUT2D eigenvalue weighted by Crippen LogP contribution is 2.24. The van der Waals surface area contributed by atoms with Gasteiger partial charge in [0.15, 0.2) is 0 Å². The topological polar surface area (TPSA) is 58.6 Å². The zero-order valence-electron chi connectivity index (χ0n) is 12.0. The van der Waals surface area contributed by atoms with Gasteiger partial charge in [-0.15, -0.1) is 0 Å². The van der Waals surface area contributed by atoms with Gasteiger partial charge in [0.05, 0.1) is 19.1 Å². The predicted octanol–water partition coefficient (Wildman–Crippen LogP) is 1.91. The molecule has 1 aromatic carbocycles. The number of hydrogen-bond acceptors (Lipinski definition) is 3. The van der Waals surface area contributed by atoms with Crippen LogP contribution in [0.1, 0.15) is 31.7 Å². The van der Waals surface area contributed by atoms with E-state index in [2.05, 4.69) is 5.32 Å². The molecule has 2 atom stereocenters. The molecule has 0 radical (unpaired) electrons. The summed E-state index contributed by atoms with van der Waals surface area (Å²) in [6.45, 7) is 3.27. The van der Waals surface area contributed by atoms with Gasteiger partial charge in [0.1, 0.15) is 5.75 Å². The highest BCUT2D eigenvalue weighted by atomic mass is 16.5. The molecular weight excluding hydrogens is 254 g/mol. The Labute approximate surface area is 120 Å². The van der Waals surface area contributed by atoms with Crippen LogP contribution in [0.3, 0.4) is 0 Å². The molecule has 4 nitrogen and oxygen atoms in total. The highest BCUT2D eigenvalue weighted by molar-refractivity contribution is 5.78. The summed E-state index contributed by atoms with van der Waals surface area (Å²) in [5.74, 6) is 1.29. The Morgan fingerprint density at radius 2 is 2.10 bits per heavy atom. The van der Waals surface area contributed by atoms with Gasteiger partial charge < -0.3 is 15.2 Å². The molecule has 1 aliphatic rings. The van der Waals surface area contributed by atoms with E-state index in [4.69, 9.17) is 4.74 Å². The number of benzene rings is 1. The summed E-state index contributed by atoms with van der Waals surface area (Å²) in [5, 5.41) is 12.4. The smallest absolute Gasteiger partial charge is 0.224 e. The number of aliphatic hydroxyl groups excluding tert-OH is 1. The lowest BCUT2D eigenvalue weighted by molar-refractivity contribution is -0.120. The number of aliphatic hydroxyl groups is 1. The standard InChI is InChI=1S/C16H23NO3/c1-2-20-15-7-4-12(5-8-15)10-16(19)17-11-13-3-6-14(18)9-13/h4-5,7-8,13-14,18H,2-3,6,9-11H2,1H3,(H,17,19). The van der Waals surface area contributed by atoms with Crippen molar-refractivity contribution < 1.29 is 14.6 Å². The van der Waals surface area contributed by atoms with E-state index in [9.17, 15) is 9.90 Å².